The molecule has 0 aliphatic heterocycles. The summed E-state index contributed by atoms with van der Waals surface area (Å²) >= 11 is 0. The fourth-order valence-electron chi connectivity index (χ4n) is 7.25. The Morgan fingerprint density at radius 1 is 0.784 bits per heavy atom. The van der Waals surface area contributed by atoms with Gasteiger partial charge in [0.1, 0.15) is 7.05 Å². The average molecular weight is 480 g/mol. The lowest BCUT2D eigenvalue weighted by molar-refractivity contribution is -0.643. The quantitative estimate of drug-likeness (QED) is 0.136. The summed E-state index contributed by atoms with van der Waals surface area (Å²) in [4.78, 5) is 0. The second-order valence-electron chi connectivity index (χ2n) is 11.3. The minimum atomic E-state index is 0.827. The normalized spacial score (nSPS) is 14.9. The number of aromatic nitrogens is 2. The third-order valence-corrected chi connectivity index (χ3v) is 9.00. The fourth-order valence-corrected chi connectivity index (χ4v) is 7.25. The molecule has 8 rings (SSSR count). The second kappa shape index (κ2) is 7.79. The van der Waals surface area contributed by atoms with Crippen LogP contribution in [-0.2, 0) is 13.5 Å². The van der Waals surface area contributed by atoms with Gasteiger partial charge in [-0.1, -0.05) is 86.3 Å². The van der Waals surface area contributed by atoms with Crippen molar-refractivity contribution >= 4 is 49.0 Å². The number of pyridine rings is 2. The lowest BCUT2D eigenvalue weighted by Gasteiger charge is -2.16. The second-order valence-corrected chi connectivity index (χ2v) is 11.3. The largest absolute Gasteiger partial charge is 0.307 e. The highest BCUT2D eigenvalue weighted by Gasteiger charge is 2.25. The molecule has 1 fully saturated rings. The van der Waals surface area contributed by atoms with Gasteiger partial charge in [0.05, 0.1) is 27.3 Å². The van der Waals surface area contributed by atoms with E-state index in [4.69, 9.17) is 0 Å². The van der Waals surface area contributed by atoms with E-state index in [0.717, 1.165) is 5.92 Å². The van der Waals surface area contributed by atoms with Gasteiger partial charge in [0.2, 0.25) is 5.52 Å². The first-order valence-electron chi connectivity index (χ1n) is 13.8. The van der Waals surface area contributed by atoms with E-state index in [9.17, 15) is 0 Å². The van der Waals surface area contributed by atoms with E-state index in [1.165, 1.54) is 103 Å². The zero-order chi connectivity index (χ0) is 24.7. The Bertz CT molecular complexity index is 1970. The van der Waals surface area contributed by atoms with E-state index >= 15 is 0 Å². The van der Waals surface area contributed by atoms with Crippen LogP contribution in [0.15, 0.2) is 85.1 Å². The van der Waals surface area contributed by atoms with Crippen LogP contribution in [0.2, 0.25) is 0 Å². The summed E-state index contributed by atoms with van der Waals surface area (Å²) in [7, 11) is 2.20. The van der Waals surface area contributed by atoms with Gasteiger partial charge in [0, 0.05) is 16.8 Å². The summed E-state index contributed by atoms with van der Waals surface area (Å²) in [6.45, 7) is 2.27. The van der Waals surface area contributed by atoms with E-state index in [1.54, 1.807) is 0 Å². The highest BCUT2D eigenvalue weighted by atomic mass is 15.0. The smallest absolute Gasteiger partial charge is 0.224 e. The lowest BCUT2D eigenvalue weighted by atomic mass is 9.94. The highest BCUT2D eigenvalue weighted by Crippen LogP contribution is 2.42. The summed E-state index contributed by atoms with van der Waals surface area (Å²) in [5, 5.41) is 6.80. The van der Waals surface area contributed by atoms with E-state index < -0.39 is 0 Å². The number of hydrogen-bond donors (Lipinski definition) is 0. The summed E-state index contributed by atoms with van der Waals surface area (Å²) < 4.78 is 4.92. The Morgan fingerprint density at radius 2 is 1.59 bits per heavy atom. The SMILES string of the molecule is Cc1ccc2c3ccc(-c4ccccc4)cc3n3c4cc(CC5CCCC5)cc5cc[n+](C)c(c1c23)c54. The molecule has 0 saturated heterocycles. The zero-order valence-corrected chi connectivity index (χ0v) is 21.6. The van der Waals surface area contributed by atoms with Gasteiger partial charge in [-0.05, 0) is 59.0 Å². The van der Waals surface area contributed by atoms with Crippen molar-refractivity contribution in [3.63, 3.8) is 0 Å². The first-order chi connectivity index (χ1) is 18.2. The Labute approximate surface area is 217 Å². The zero-order valence-electron chi connectivity index (χ0n) is 21.6. The number of fused-ring (bicyclic) bond motifs is 5. The third kappa shape index (κ3) is 3.02. The van der Waals surface area contributed by atoms with Crippen molar-refractivity contribution in [2.75, 3.05) is 0 Å². The standard InChI is InChI=1S/C35H31N2/c1-22-12-14-29-28-15-13-26(25-10-4-3-5-11-25)21-30(28)37-31-20-24(18-23-8-6-7-9-23)19-27-16-17-36(2)35(33(27)31)32(22)34(29)37/h3-5,10-17,19-21,23H,6-9,18H2,1-2H3/q+1. The Kier molecular flexibility index (Phi) is 4.47. The molecule has 2 nitrogen and oxygen atoms in total. The number of nitrogens with zero attached hydrogens (tertiary/aromatic N) is 2. The molecule has 0 atom stereocenters. The van der Waals surface area contributed by atoms with Crippen molar-refractivity contribution in [1.82, 2.24) is 4.40 Å². The maximum atomic E-state index is 2.59. The van der Waals surface area contributed by atoms with E-state index in [0.29, 0.717) is 0 Å². The van der Waals surface area contributed by atoms with Crippen molar-refractivity contribution in [2.45, 2.75) is 39.0 Å². The molecule has 0 N–H and O–H groups in total. The van der Waals surface area contributed by atoms with Crippen molar-refractivity contribution in [2.24, 2.45) is 13.0 Å². The van der Waals surface area contributed by atoms with Gasteiger partial charge in [0.25, 0.3) is 0 Å². The van der Waals surface area contributed by atoms with Crippen LogP contribution in [0.25, 0.3) is 60.1 Å². The van der Waals surface area contributed by atoms with Crippen molar-refractivity contribution in [3.05, 3.63) is 96.2 Å². The third-order valence-electron chi connectivity index (χ3n) is 9.00. The van der Waals surface area contributed by atoms with Crippen molar-refractivity contribution in [3.8, 4) is 11.1 Å². The van der Waals surface area contributed by atoms with Crippen LogP contribution in [0.4, 0.5) is 0 Å². The molecule has 0 radical (unpaired) electrons. The van der Waals surface area contributed by atoms with Crippen molar-refractivity contribution in [1.29, 1.82) is 0 Å². The van der Waals surface area contributed by atoms with Crippen LogP contribution in [0.5, 0.6) is 0 Å². The Balaban J connectivity index is 1.56. The summed E-state index contributed by atoms with van der Waals surface area (Å²) in [5.41, 5.74) is 10.7. The van der Waals surface area contributed by atoms with Gasteiger partial charge >= 0.3 is 0 Å². The summed E-state index contributed by atoms with van der Waals surface area (Å²) in [6, 6.07) is 29.8. The molecule has 3 heterocycles. The van der Waals surface area contributed by atoms with Gasteiger partial charge in [-0.15, -0.1) is 0 Å². The number of rotatable bonds is 3. The minimum Gasteiger partial charge on any atom is -0.307 e. The minimum absolute atomic E-state index is 0.827. The average Bonchev–Trinajstić information content (AvgIpc) is 3.55. The lowest BCUT2D eigenvalue weighted by Crippen LogP contribution is -2.29. The van der Waals surface area contributed by atoms with Crippen LogP contribution in [0, 0.1) is 12.8 Å². The molecule has 1 saturated carbocycles. The highest BCUT2D eigenvalue weighted by molar-refractivity contribution is 6.26. The van der Waals surface area contributed by atoms with E-state index in [1.807, 2.05) is 0 Å². The van der Waals surface area contributed by atoms with Crippen LogP contribution < -0.4 is 4.57 Å². The molecule has 37 heavy (non-hydrogen) atoms. The van der Waals surface area contributed by atoms with Crippen LogP contribution >= 0.6 is 0 Å². The van der Waals surface area contributed by atoms with E-state index in [-0.39, 0.29) is 0 Å². The molecule has 3 aromatic heterocycles. The number of benzene rings is 4. The molecule has 1 aliphatic carbocycles. The van der Waals surface area contributed by atoms with Crippen molar-refractivity contribution < 1.29 is 4.57 Å². The van der Waals surface area contributed by atoms with Gasteiger partial charge in [-0.25, -0.2) is 4.57 Å². The summed E-state index contributed by atoms with van der Waals surface area (Å²) in [6.07, 6.45) is 8.98. The first-order valence-corrected chi connectivity index (χ1v) is 13.8. The Morgan fingerprint density at radius 3 is 2.43 bits per heavy atom. The van der Waals surface area contributed by atoms with E-state index in [2.05, 4.69) is 108 Å². The molecule has 0 amide bonds. The maximum absolute atomic E-state index is 2.59. The van der Waals surface area contributed by atoms with Crippen LogP contribution in [0.1, 0.15) is 36.8 Å². The fraction of sp³-hybridized carbons (Fsp3) is 0.229. The molecule has 1 aliphatic rings. The first kappa shape index (κ1) is 21.2. The van der Waals surface area contributed by atoms with Gasteiger partial charge in [-0.2, -0.15) is 0 Å². The van der Waals surface area contributed by atoms with Crippen LogP contribution in [-0.4, -0.2) is 4.40 Å². The predicted molar refractivity (Wildman–Crippen MR) is 156 cm³/mol. The van der Waals surface area contributed by atoms with Gasteiger partial charge < -0.3 is 4.40 Å². The molecule has 4 aromatic carbocycles. The molecule has 0 spiro atoms. The Hall–Kier alpha value is -3.91. The molecular formula is C35H31N2+. The molecule has 2 heteroatoms. The molecule has 0 unspecified atom stereocenters. The monoisotopic (exact) mass is 479 g/mol. The number of aryl methyl sites for hydroxylation is 2. The van der Waals surface area contributed by atoms with Gasteiger partial charge in [-0.3, -0.25) is 0 Å². The summed E-state index contributed by atoms with van der Waals surface area (Å²) in [5.74, 6) is 0.827. The molecule has 7 aromatic rings. The van der Waals surface area contributed by atoms with Gasteiger partial charge in [0.15, 0.2) is 6.20 Å². The number of hydrogen-bond acceptors (Lipinski definition) is 0. The predicted octanol–water partition coefficient (Wildman–Crippen LogP) is 8.52. The molecule has 180 valence electrons. The topological polar surface area (TPSA) is 8.29 Å². The molecular weight excluding hydrogens is 448 g/mol. The molecule has 0 bridgehead atoms. The van der Waals surface area contributed by atoms with Crippen LogP contribution in [0.3, 0.4) is 0 Å². The maximum Gasteiger partial charge on any atom is 0.224 e.